The average molecular weight is 387 g/mol. The van der Waals surface area contributed by atoms with Crippen molar-refractivity contribution in [2.45, 2.75) is 20.0 Å². The number of aromatic nitrogens is 3. The molecule has 5 rings (SSSR count). The van der Waals surface area contributed by atoms with E-state index in [1.54, 1.807) is 0 Å². The van der Waals surface area contributed by atoms with E-state index in [1.165, 1.54) is 22.1 Å². The monoisotopic (exact) mass is 386 g/mol. The summed E-state index contributed by atoms with van der Waals surface area (Å²) in [6.07, 6.45) is 3.38. The van der Waals surface area contributed by atoms with Crippen LogP contribution < -0.4 is 0 Å². The van der Waals surface area contributed by atoms with Gasteiger partial charge in [-0.1, -0.05) is 54.6 Å². The van der Waals surface area contributed by atoms with Gasteiger partial charge in [0, 0.05) is 18.5 Å². The Morgan fingerprint density at radius 2 is 1.82 bits per heavy atom. The molecule has 0 fully saturated rings. The largest absolute Gasteiger partial charge is 0.280 e. The molecule has 0 unspecified atom stereocenters. The summed E-state index contributed by atoms with van der Waals surface area (Å²) in [5.74, 6) is 0. The molecule has 3 heterocycles. The molecule has 1 aliphatic rings. The van der Waals surface area contributed by atoms with Gasteiger partial charge in [-0.3, -0.25) is 9.30 Å². The van der Waals surface area contributed by atoms with Crippen LogP contribution in [0.1, 0.15) is 17.5 Å². The summed E-state index contributed by atoms with van der Waals surface area (Å²) in [6, 6.07) is 21.2. The maximum atomic E-state index is 5.79. The Bertz CT molecular complexity index is 1250. The fourth-order valence-electron chi connectivity index (χ4n) is 4.05. The van der Waals surface area contributed by atoms with Crippen LogP contribution in [0.2, 0.25) is 0 Å². The lowest BCUT2D eigenvalue weighted by molar-refractivity contribution is 0.227. The Hall–Kier alpha value is -2.76. The number of rotatable bonds is 3. The zero-order valence-corrected chi connectivity index (χ0v) is 16.7. The molecule has 0 aliphatic carbocycles. The van der Waals surface area contributed by atoms with Gasteiger partial charge in [-0.25, -0.2) is 4.68 Å². The molecule has 0 amide bonds. The number of para-hydroxylation sites is 1. The molecule has 2 aromatic carbocycles. The number of fused-ring (bicyclic) bond motifs is 3. The molecule has 140 valence electrons. The van der Waals surface area contributed by atoms with E-state index in [0.717, 1.165) is 35.4 Å². The molecule has 0 saturated heterocycles. The molecule has 4 aromatic rings. The molecular weight excluding hydrogens is 364 g/mol. The number of benzene rings is 2. The van der Waals surface area contributed by atoms with E-state index < -0.39 is 0 Å². The van der Waals surface area contributed by atoms with Gasteiger partial charge >= 0.3 is 0 Å². The zero-order valence-electron chi connectivity index (χ0n) is 15.9. The zero-order chi connectivity index (χ0) is 19.1. The lowest BCUT2D eigenvalue weighted by Crippen LogP contribution is -2.31. The van der Waals surface area contributed by atoms with Crippen molar-refractivity contribution in [1.82, 2.24) is 19.1 Å². The fourth-order valence-corrected chi connectivity index (χ4v) is 4.34. The van der Waals surface area contributed by atoms with Crippen LogP contribution in [0.4, 0.5) is 0 Å². The normalized spacial score (nSPS) is 15.2. The minimum absolute atomic E-state index is 0.715. The molecule has 0 bridgehead atoms. The van der Waals surface area contributed by atoms with Crippen molar-refractivity contribution in [3.63, 3.8) is 0 Å². The molecule has 4 nitrogen and oxygen atoms in total. The van der Waals surface area contributed by atoms with Crippen molar-refractivity contribution in [3.8, 4) is 0 Å². The van der Waals surface area contributed by atoms with E-state index >= 15 is 0 Å². The maximum absolute atomic E-state index is 5.79. The van der Waals surface area contributed by atoms with Gasteiger partial charge in [0.15, 0.2) is 5.65 Å². The summed E-state index contributed by atoms with van der Waals surface area (Å²) < 4.78 is 4.80. The van der Waals surface area contributed by atoms with Gasteiger partial charge in [-0.2, -0.15) is 5.10 Å². The van der Waals surface area contributed by atoms with Crippen LogP contribution in [0.15, 0.2) is 66.7 Å². The van der Waals surface area contributed by atoms with E-state index in [2.05, 4.69) is 83.0 Å². The van der Waals surface area contributed by atoms with Gasteiger partial charge in [-0.15, -0.1) is 0 Å². The first-order valence-corrected chi connectivity index (χ1v) is 10.1. The number of hydrogen-bond acceptors (Lipinski definition) is 3. The second-order valence-corrected chi connectivity index (χ2v) is 7.75. The second-order valence-electron chi connectivity index (χ2n) is 7.38. The van der Waals surface area contributed by atoms with Crippen molar-refractivity contribution in [3.05, 3.63) is 82.6 Å². The van der Waals surface area contributed by atoms with Crippen molar-refractivity contribution in [2.24, 2.45) is 0 Å². The minimum atomic E-state index is 0.715. The first-order valence-electron chi connectivity index (χ1n) is 9.65. The highest BCUT2D eigenvalue weighted by atomic mass is 32.1. The first kappa shape index (κ1) is 17.3. The van der Waals surface area contributed by atoms with Crippen molar-refractivity contribution in [1.29, 1.82) is 0 Å². The van der Waals surface area contributed by atoms with Gasteiger partial charge in [0.1, 0.15) is 0 Å². The summed E-state index contributed by atoms with van der Waals surface area (Å²) in [4.78, 5) is 2.39. The molecule has 0 spiro atoms. The smallest absolute Gasteiger partial charge is 0.204 e. The van der Waals surface area contributed by atoms with Crippen LogP contribution >= 0.6 is 12.2 Å². The molecule has 2 aromatic heterocycles. The van der Waals surface area contributed by atoms with E-state index in [9.17, 15) is 0 Å². The van der Waals surface area contributed by atoms with Gasteiger partial charge in [0.05, 0.1) is 12.2 Å². The Morgan fingerprint density at radius 3 is 2.61 bits per heavy atom. The van der Waals surface area contributed by atoms with E-state index in [1.807, 2.05) is 4.68 Å². The first-order chi connectivity index (χ1) is 13.7. The Kier molecular flexibility index (Phi) is 4.34. The standard InChI is InChI=1S/C23H22N4S/c1-17-15-22-24-26(23(28)27(22)21-10-6-5-9-20(17)21)16-25-13-11-19(12-14-25)18-7-3-2-4-8-18/h2-11,15H,12-14,16H2,1H3. The third-order valence-electron chi connectivity index (χ3n) is 5.55. The summed E-state index contributed by atoms with van der Waals surface area (Å²) in [6.45, 7) is 4.77. The number of hydrogen-bond donors (Lipinski definition) is 0. The SMILES string of the molecule is Cc1cc2nn(CN3CC=C(c4ccccc4)CC3)c(=S)n2c2ccccc12. The molecule has 0 atom stereocenters. The highest BCUT2D eigenvalue weighted by Gasteiger charge is 2.16. The van der Waals surface area contributed by atoms with Crippen LogP contribution in [0, 0.1) is 11.7 Å². The Labute approximate surface area is 169 Å². The summed E-state index contributed by atoms with van der Waals surface area (Å²) in [5, 5.41) is 6.03. The Morgan fingerprint density at radius 1 is 1.04 bits per heavy atom. The molecule has 28 heavy (non-hydrogen) atoms. The molecular formula is C23H22N4S. The third-order valence-corrected chi connectivity index (χ3v) is 5.94. The highest BCUT2D eigenvalue weighted by molar-refractivity contribution is 7.71. The lowest BCUT2D eigenvalue weighted by atomic mass is 10.00. The molecule has 5 heteroatoms. The van der Waals surface area contributed by atoms with E-state index in [0.29, 0.717) is 6.67 Å². The summed E-state index contributed by atoms with van der Waals surface area (Å²) in [7, 11) is 0. The van der Waals surface area contributed by atoms with Crippen LogP contribution in [0.3, 0.4) is 0 Å². The van der Waals surface area contributed by atoms with Gasteiger partial charge < -0.3 is 0 Å². The molecule has 0 saturated carbocycles. The van der Waals surface area contributed by atoms with Crippen LogP contribution in [0.25, 0.3) is 22.1 Å². The maximum Gasteiger partial charge on any atom is 0.204 e. The van der Waals surface area contributed by atoms with Crippen LogP contribution in [0.5, 0.6) is 0 Å². The molecule has 1 aliphatic heterocycles. The van der Waals surface area contributed by atoms with Crippen molar-refractivity contribution >= 4 is 34.3 Å². The van der Waals surface area contributed by atoms with Gasteiger partial charge in [0.2, 0.25) is 4.77 Å². The van der Waals surface area contributed by atoms with E-state index in [-0.39, 0.29) is 0 Å². The quantitative estimate of drug-likeness (QED) is 0.460. The molecule has 0 N–H and O–H groups in total. The minimum Gasteiger partial charge on any atom is -0.280 e. The molecule has 0 radical (unpaired) electrons. The number of aryl methyl sites for hydroxylation is 1. The van der Waals surface area contributed by atoms with Crippen molar-refractivity contribution in [2.75, 3.05) is 13.1 Å². The Balaban J connectivity index is 1.45. The van der Waals surface area contributed by atoms with Gasteiger partial charge in [-0.05, 0) is 54.4 Å². The predicted molar refractivity (Wildman–Crippen MR) is 117 cm³/mol. The predicted octanol–water partition coefficient (Wildman–Crippen LogP) is 5.07. The van der Waals surface area contributed by atoms with Crippen LogP contribution in [-0.4, -0.2) is 32.2 Å². The summed E-state index contributed by atoms with van der Waals surface area (Å²) >= 11 is 5.79. The number of nitrogens with zero attached hydrogens (tertiary/aromatic N) is 4. The van der Waals surface area contributed by atoms with E-state index in [4.69, 9.17) is 17.3 Å². The van der Waals surface area contributed by atoms with Crippen LogP contribution in [-0.2, 0) is 6.67 Å². The third kappa shape index (κ3) is 2.97. The van der Waals surface area contributed by atoms with Crippen molar-refractivity contribution < 1.29 is 0 Å². The van der Waals surface area contributed by atoms with Gasteiger partial charge in [0.25, 0.3) is 0 Å². The number of pyridine rings is 1. The topological polar surface area (TPSA) is 25.5 Å². The lowest BCUT2D eigenvalue weighted by Gasteiger charge is -2.26. The average Bonchev–Trinajstić information content (AvgIpc) is 3.04. The summed E-state index contributed by atoms with van der Waals surface area (Å²) in [5.41, 5.74) is 6.02. The highest BCUT2D eigenvalue weighted by Crippen LogP contribution is 2.24. The second kappa shape index (κ2) is 7.00. The fraction of sp³-hybridized carbons (Fsp3) is 0.217.